The number of fused-ring (bicyclic) bond motifs is 1. The van der Waals surface area contributed by atoms with Crippen molar-refractivity contribution in [2.75, 3.05) is 18.8 Å². The van der Waals surface area contributed by atoms with Crippen molar-refractivity contribution in [1.82, 2.24) is 34.9 Å². The Morgan fingerprint density at radius 3 is 2.44 bits per heavy atom. The first kappa shape index (κ1) is 28.5. The SMILES string of the molecule is Nc1ncnc2c1c(-c1ccc(Oc3ccccc3)cc1)nn2C1CCN(Cc2c(F)ccnc2C2CCC(=O)NC2=O)CC1. The van der Waals surface area contributed by atoms with E-state index in [2.05, 4.69) is 25.2 Å². The number of nitrogen functional groups attached to an aromatic ring is 1. The van der Waals surface area contributed by atoms with Gasteiger partial charge in [0.2, 0.25) is 11.8 Å². The van der Waals surface area contributed by atoms with Crippen LogP contribution in [0, 0.1) is 5.82 Å². The van der Waals surface area contributed by atoms with Gasteiger partial charge in [0.05, 0.1) is 23.0 Å². The zero-order chi connectivity index (χ0) is 30.9. The molecule has 0 bridgehead atoms. The fraction of sp³-hybridized carbons (Fsp3) is 0.273. The highest BCUT2D eigenvalue weighted by molar-refractivity contribution is 6.01. The molecular weight excluding hydrogens is 575 g/mol. The number of halogens is 1. The molecule has 5 aromatic rings. The summed E-state index contributed by atoms with van der Waals surface area (Å²) in [5, 5.41) is 8.06. The molecule has 7 rings (SSSR count). The number of aromatic nitrogens is 5. The summed E-state index contributed by atoms with van der Waals surface area (Å²) in [4.78, 5) is 39.5. The number of nitrogens with zero attached hydrogens (tertiary/aromatic N) is 6. The van der Waals surface area contributed by atoms with Crippen molar-refractivity contribution in [1.29, 1.82) is 0 Å². The molecule has 11 nitrogen and oxygen atoms in total. The van der Waals surface area contributed by atoms with Crippen molar-refractivity contribution in [2.45, 2.75) is 44.2 Å². The molecule has 12 heteroatoms. The molecule has 1 unspecified atom stereocenters. The number of hydrogen-bond acceptors (Lipinski definition) is 9. The molecule has 2 fully saturated rings. The first-order valence-electron chi connectivity index (χ1n) is 15.0. The number of likely N-dealkylation sites (tertiary alicyclic amines) is 1. The summed E-state index contributed by atoms with van der Waals surface area (Å²) in [5.41, 5.74) is 9.39. The molecule has 0 saturated carbocycles. The van der Waals surface area contributed by atoms with Crippen molar-refractivity contribution >= 4 is 28.7 Å². The molecule has 0 spiro atoms. The molecule has 2 amide bonds. The summed E-state index contributed by atoms with van der Waals surface area (Å²) in [5.74, 6) is 0.0256. The van der Waals surface area contributed by atoms with Crippen molar-refractivity contribution in [2.24, 2.45) is 0 Å². The number of pyridine rings is 1. The lowest BCUT2D eigenvalue weighted by Crippen LogP contribution is -2.40. The molecular formula is C33H31FN8O3. The molecule has 3 N–H and O–H groups in total. The summed E-state index contributed by atoms with van der Waals surface area (Å²) in [6.07, 6.45) is 4.85. The number of hydrogen-bond donors (Lipinski definition) is 2. The minimum Gasteiger partial charge on any atom is -0.457 e. The van der Waals surface area contributed by atoms with Crippen LogP contribution in [0.3, 0.4) is 0 Å². The molecule has 1 atom stereocenters. The zero-order valence-electron chi connectivity index (χ0n) is 24.4. The third-order valence-corrected chi connectivity index (χ3v) is 8.51. The average Bonchev–Trinajstić information content (AvgIpc) is 3.44. The highest BCUT2D eigenvalue weighted by atomic mass is 19.1. The molecule has 0 aliphatic carbocycles. The number of nitrogens with one attached hydrogen (secondary N) is 1. The van der Waals surface area contributed by atoms with Gasteiger partial charge in [0.1, 0.15) is 35.2 Å². The van der Waals surface area contributed by atoms with E-state index in [1.54, 1.807) is 0 Å². The lowest BCUT2D eigenvalue weighted by molar-refractivity contribution is -0.134. The second-order valence-electron chi connectivity index (χ2n) is 11.4. The quantitative estimate of drug-likeness (QED) is 0.251. The van der Waals surface area contributed by atoms with Gasteiger partial charge >= 0.3 is 0 Å². The van der Waals surface area contributed by atoms with Crippen LogP contribution in [-0.4, -0.2) is 54.5 Å². The number of benzene rings is 2. The predicted octanol–water partition coefficient (Wildman–Crippen LogP) is 4.76. The van der Waals surface area contributed by atoms with Gasteiger partial charge < -0.3 is 10.5 Å². The molecule has 2 aromatic carbocycles. The van der Waals surface area contributed by atoms with Crippen LogP contribution in [0.4, 0.5) is 10.2 Å². The van der Waals surface area contributed by atoms with E-state index in [0.29, 0.717) is 65.6 Å². The van der Waals surface area contributed by atoms with E-state index < -0.39 is 17.6 Å². The topological polar surface area (TPSA) is 141 Å². The Hall–Kier alpha value is -5.23. The van der Waals surface area contributed by atoms with Crippen LogP contribution < -0.4 is 15.8 Å². The van der Waals surface area contributed by atoms with Crippen LogP contribution in [0.25, 0.3) is 22.3 Å². The monoisotopic (exact) mass is 606 g/mol. The molecule has 2 saturated heterocycles. The van der Waals surface area contributed by atoms with Crippen LogP contribution >= 0.6 is 0 Å². The van der Waals surface area contributed by atoms with Crippen LogP contribution in [0.5, 0.6) is 11.5 Å². The molecule has 3 aromatic heterocycles. The number of anilines is 1. The fourth-order valence-corrected chi connectivity index (χ4v) is 6.20. The van der Waals surface area contributed by atoms with Crippen molar-refractivity contribution < 1.29 is 18.7 Å². The minimum absolute atomic E-state index is 0.0424. The standard InChI is InChI=1S/C33H31FN8O3/c34-26-12-15-36-30(24-10-11-27(43)39-33(24)44)25(26)18-41-16-13-21(14-17-41)42-32-28(31(35)37-19-38-32)29(40-42)20-6-8-23(9-7-20)45-22-4-2-1-3-5-22/h1-9,12,15,19,21,24H,10-11,13-14,16-18H2,(H2,35,37,38)(H,39,43,44). The number of imide groups is 1. The maximum absolute atomic E-state index is 15.1. The van der Waals surface area contributed by atoms with Crippen molar-refractivity contribution in [3.8, 4) is 22.8 Å². The van der Waals surface area contributed by atoms with Crippen LogP contribution in [0.2, 0.25) is 0 Å². The molecule has 2 aliphatic rings. The third kappa shape index (κ3) is 5.72. The summed E-state index contributed by atoms with van der Waals surface area (Å²) in [6, 6.07) is 18.6. The van der Waals surface area contributed by atoms with Crippen LogP contribution in [0.15, 0.2) is 73.2 Å². The Labute approximate surface area is 258 Å². The van der Waals surface area contributed by atoms with Gasteiger partial charge in [0, 0.05) is 43.4 Å². The number of ether oxygens (including phenoxy) is 1. The zero-order valence-corrected chi connectivity index (χ0v) is 24.4. The number of rotatable bonds is 7. The first-order valence-corrected chi connectivity index (χ1v) is 15.0. The van der Waals surface area contributed by atoms with E-state index in [-0.39, 0.29) is 18.4 Å². The fourth-order valence-electron chi connectivity index (χ4n) is 6.20. The molecule has 228 valence electrons. The highest BCUT2D eigenvalue weighted by Crippen LogP contribution is 2.36. The minimum atomic E-state index is -0.649. The lowest BCUT2D eigenvalue weighted by atomic mass is 9.91. The largest absolute Gasteiger partial charge is 0.457 e. The van der Waals surface area contributed by atoms with E-state index >= 15 is 4.39 Å². The van der Waals surface area contributed by atoms with E-state index in [1.807, 2.05) is 59.3 Å². The van der Waals surface area contributed by atoms with Gasteiger partial charge in [0.25, 0.3) is 0 Å². The summed E-state index contributed by atoms with van der Waals surface area (Å²) < 4.78 is 23.0. The maximum atomic E-state index is 15.1. The summed E-state index contributed by atoms with van der Waals surface area (Å²) in [7, 11) is 0. The molecule has 45 heavy (non-hydrogen) atoms. The maximum Gasteiger partial charge on any atom is 0.235 e. The number of nitrogens with two attached hydrogens (primary N) is 1. The van der Waals surface area contributed by atoms with Gasteiger partial charge in [-0.05, 0) is 61.7 Å². The Morgan fingerprint density at radius 2 is 1.69 bits per heavy atom. The smallest absolute Gasteiger partial charge is 0.235 e. The van der Waals surface area contributed by atoms with Crippen LogP contribution in [0.1, 0.15) is 48.9 Å². The molecule has 0 radical (unpaired) electrons. The summed E-state index contributed by atoms with van der Waals surface area (Å²) >= 11 is 0. The Bertz CT molecular complexity index is 1870. The first-order chi connectivity index (χ1) is 21.9. The molecule has 5 heterocycles. The second kappa shape index (κ2) is 12.0. The Kier molecular flexibility index (Phi) is 7.64. The van der Waals surface area contributed by atoms with Gasteiger partial charge in [-0.15, -0.1) is 0 Å². The Balaban J connectivity index is 1.09. The average molecular weight is 607 g/mol. The second-order valence-corrected chi connectivity index (χ2v) is 11.4. The number of amides is 2. The Morgan fingerprint density at radius 1 is 0.933 bits per heavy atom. The van der Waals surface area contributed by atoms with E-state index in [0.717, 1.165) is 24.2 Å². The van der Waals surface area contributed by atoms with E-state index in [1.165, 1.54) is 18.6 Å². The highest BCUT2D eigenvalue weighted by Gasteiger charge is 2.33. The van der Waals surface area contributed by atoms with E-state index in [9.17, 15) is 9.59 Å². The lowest BCUT2D eigenvalue weighted by Gasteiger charge is -2.33. The van der Waals surface area contributed by atoms with Gasteiger partial charge in [-0.2, -0.15) is 5.10 Å². The number of piperidine rings is 2. The van der Waals surface area contributed by atoms with Crippen LogP contribution in [-0.2, 0) is 16.1 Å². The molecule has 2 aliphatic heterocycles. The predicted molar refractivity (Wildman–Crippen MR) is 165 cm³/mol. The normalized spacial score (nSPS) is 17.8. The van der Waals surface area contributed by atoms with Gasteiger partial charge in [0.15, 0.2) is 5.65 Å². The van der Waals surface area contributed by atoms with Gasteiger partial charge in [-0.25, -0.2) is 19.0 Å². The summed E-state index contributed by atoms with van der Waals surface area (Å²) in [6.45, 7) is 1.67. The van der Waals surface area contributed by atoms with Gasteiger partial charge in [-0.3, -0.25) is 24.8 Å². The third-order valence-electron chi connectivity index (χ3n) is 8.51. The van der Waals surface area contributed by atoms with E-state index in [4.69, 9.17) is 15.6 Å². The van der Waals surface area contributed by atoms with Crippen molar-refractivity contribution in [3.05, 3.63) is 90.3 Å². The van der Waals surface area contributed by atoms with Gasteiger partial charge in [-0.1, -0.05) is 18.2 Å². The number of carbonyl (C=O) groups excluding carboxylic acids is 2. The number of carbonyl (C=O) groups is 2. The van der Waals surface area contributed by atoms with Crippen molar-refractivity contribution in [3.63, 3.8) is 0 Å². The number of para-hydroxylation sites is 1.